The summed E-state index contributed by atoms with van der Waals surface area (Å²) < 4.78 is 73.8. The highest BCUT2D eigenvalue weighted by Gasteiger charge is 2.44. The molecule has 2 rings (SSSR count). The maximum atomic E-state index is 13.2. The van der Waals surface area contributed by atoms with Crippen LogP contribution in [0.25, 0.3) is 0 Å². The van der Waals surface area contributed by atoms with Crippen molar-refractivity contribution in [3.8, 4) is 5.75 Å². The fourth-order valence-corrected chi connectivity index (χ4v) is 2.78. The minimum Gasteiger partial charge on any atom is -0.444 e. The van der Waals surface area contributed by atoms with E-state index >= 15 is 0 Å². The van der Waals surface area contributed by atoms with Crippen LogP contribution < -0.4 is 10.1 Å². The third-order valence-electron chi connectivity index (χ3n) is 4.16. The lowest BCUT2D eigenvalue weighted by Gasteiger charge is -2.27. The number of alkyl halides is 4. The topological polar surface area (TPSA) is 67.8 Å². The normalized spacial score (nSPS) is 14.1. The van der Waals surface area contributed by atoms with Gasteiger partial charge in [-0.15, -0.1) is 0 Å². The average Bonchev–Trinajstić information content (AvgIpc) is 2.66. The van der Waals surface area contributed by atoms with E-state index in [0.717, 1.165) is 24.3 Å². The van der Waals surface area contributed by atoms with E-state index in [4.69, 9.17) is 4.74 Å². The second kappa shape index (κ2) is 10.2. The van der Waals surface area contributed by atoms with Crippen LogP contribution in [0.3, 0.4) is 0 Å². The average molecular weight is 461 g/mol. The van der Waals surface area contributed by atoms with E-state index in [9.17, 15) is 31.9 Å². The van der Waals surface area contributed by atoms with Crippen molar-refractivity contribution in [1.82, 2.24) is 5.32 Å². The van der Waals surface area contributed by atoms with Crippen molar-refractivity contribution in [2.75, 3.05) is 0 Å². The number of aliphatic hydroxyl groups is 1. The summed E-state index contributed by atoms with van der Waals surface area (Å²) in [6.07, 6.45) is -11.0. The molecule has 0 aliphatic rings. The number of hydrogen-bond donors (Lipinski definition) is 2. The summed E-state index contributed by atoms with van der Waals surface area (Å²) in [5.74, 6) is -1.04. The molecule has 10 heteroatoms. The summed E-state index contributed by atoms with van der Waals surface area (Å²) in [5, 5.41) is 13.3. The zero-order valence-corrected chi connectivity index (χ0v) is 17.6. The number of hydrogen-bond acceptors (Lipinski definition) is 4. The molecule has 2 aromatic carbocycles. The summed E-state index contributed by atoms with van der Waals surface area (Å²) in [4.78, 5) is 12.3. The van der Waals surface area contributed by atoms with Gasteiger partial charge < -0.3 is 19.9 Å². The van der Waals surface area contributed by atoms with Gasteiger partial charge in [0.2, 0.25) is 0 Å². The minimum atomic E-state index is -4.68. The minimum absolute atomic E-state index is 0.102. The van der Waals surface area contributed by atoms with Crippen molar-refractivity contribution in [3.05, 3.63) is 65.5 Å². The second-order valence-corrected chi connectivity index (χ2v) is 8.07. The molecule has 176 valence electrons. The van der Waals surface area contributed by atoms with Gasteiger partial charge in [-0.05, 0) is 62.6 Å². The summed E-state index contributed by atoms with van der Waals surface area (Å²) in [5.41, 5.74) is -0.247. The van der Waals surface area contributed by atoms with Crippen molar-refractivity contribution in [3.63, 3.8) is 0 Å². The lowest BCUT2D eigenvalue weighted by atomic mass is 9.96. The molecule has 1 amide bonds. The van der Waals surface area contributed by atoms with E-state index in [1.54, 1.807) is 20.8 Å². The summed E-state index contributed by atoms with van der Waals surface area (Å²) >= 11 is 0. The van der Waals surface area contributed by atoms with Crippen LogP contribution in [-0.4, -0.2) is 35.4 Å². The van der Waals surface area contributed by atoms with E-state index in [1.807, 2.05) is 0 Å². The number of carbonyl (C=O) groups excluding carboxylic acids is 1. The van der Waals surface area contributed by atoms with E-state index in [2.05, 4.69) is 10.1 Å². The van der Waals surface area contributed by atoms with Crippen molar-refractivity contribution in [2.45, 2.75) is 57.5 Å². The third kappa shape index (κ3) is 7.67. The number of aliphatic hydroxyl groups excluding tert-OH is 1. The molecule has 0 saturated carbocycles. The first kappa shape index (κ1) is 25.4. The van der Waals surface area contributed by atoms with Gasteiger partial charge >= 0.3 is 18.6 Å². The van der Waals surface area contributed by atoms with Crippen LogP contribution in [0.15, 0.2) is 48.5 Å². The predicted octanol–water partition coefficient (Wildman–Crippen LogP) is 5.23. The van der Waals surface area contributed by atoms with Gasteiger partial charge in [0.15, 0.2) is 0 Å². The predicted molar refractivity (Wildman–Crippen MR) is 106 cm³/mol. The standard InChI is InChI=1S/C22H24F5NO4/c1-21(2,3)32-20(30)28-17(18(29)14-7-9-15(23)10-8-14)12-13-5-4-6-16(11-13)31-22(26,27)19(24)25/h4-11,17-19,29H,12H2,1-3H3,(H,28,30). The molecule has 2 unspecified atom stereocenters. The second-order valence-electron chi connectivity index (χ2n) is 8.07. The number of rotatable bonds is 8. The molecule has 0 saturated heterocycles. The quantitative estimate of drug-likeness (QED) is 0.529. The van der Waals surface area contributed by atoms with Gasteiger partial charge in [0.05, 0.1) is 12.1 Å². The van der Waals surface area contributed by atoms with Crippen molar-refractivity contribution in [1.29, 1.82) is 0 Å². The van der Waals surface area contributed by atoms with E-state index in [0.29, 0.717) is 5.56 Å². The van der Waals surface area contributed by atoms with Crippen LogP contribution in [0.4, 0.5) is 26.7 Å². The molecule has 5 nitrogen and oxygen atoms in total. The number of ether oxygens (including phenoxy) is 2. The summed E-state index contributed by atoms with van der Waals surface area (Å²) in [6, 6.07) is 8.84. The molecular formula is C22H24F5NO4. The van der Waals surface area contributed by atoms with Crippen LogP contribution in [0.5, 0.6) is 5.75 Å². The summed E-state index contributed by atoms with van der Waals surface area (Å²) in [7, 11) is 0. The molecule has 0 bridgehead atoms. The van der Waals surface area contributed by atoms with E-state index in [-0.39, 0.29) is 12.0 Å². The van der Waals surface area contributed by atoms with Gasteiger partial charge in [0.1, 0.15) is 17.2 Å². The lowest BCUT2D eigenvalue weighted by Crippen LogP contribution is -2.43. The molecule has 0 spiro atoms. The first-order valence-corrected chi connectivity index (χ1v) is 9.64. The monoisotopic (exact) mass is 461 g/mol. The first-order valence-electron chi connectivity index (χ1n) is 9.64. The Kier molecular flexibility index (Phi) is 8.06. The zero-order chi connectivity index (χ0) is 24.1. The maximum absolute atomic E-state index is 13.2. The number of carbonyl (C=O) groups is 1. The smallest absolute Gasteiger partial charge is 0.444 e. The fourth-order valence-electron chi connectivity index (χ4n) is 2.78. The molecule has 2 N–H and O–H groups in total. The Morgan fingerprint density at radius 2 is 1.72 bits per heavy atom. The molecular weight excluding hydrogens is 437 g/mol. The molecule has 2 aromatic rings. The largest absolute Gasteiger partial charge is 0.461 e. The molecule has 0 heterocycles. The third-order valence-corrected chi connectivity index (χ3v) is 4.16. The van der Waals surface area contributed by atoms with Gasteiger partial charge in [-0.25, -0.2) is 9.18 Å². The van der Waals surface area contributed by atoms with Gasteiger partial charge in [-0.3, -0.25) is 0 Å². The molecule has 2 atom stereocenters. The highest BCUT2D eigenvalue weighted by atomic mass is 19.3. The Labute approximate surface area is 182 Å². The molecule has 0 aromatic heterocycles. The van der Waals surface area contributed by atoms with Crippen molar-refractivity contribution in [2.24, 2.45) is 0 Å². The van der Waals surface area contributed by atoms with Gasteiger partial charge in [-0.2, -0.15) is 17.6 Å². The van der Waals surface area contributed by atoms with Gasteiger partial charge in [-0.1, -0.05) is 24.3 Å². The number of nitrogens with one attached hydrogen (secondary N) is 1. The Balaban J connectivity index is 2.26. The highest BCUT2D eigenvalue weighted by Crippen LogP contribution is 2.29. The number of benzene rings is 2. The van der Waals surface area contributed by atoms with Crippen molar-refractivity contribution >= 4 is 6.09 Å². The Bertz CT molecular complexity index is 900. The highest BCUT2D eigenvalue weighted by molar-refractivity contribution is 5.68. The molecule has 32 heavy (non-hydrogen) atoms. The molecule has 0 aliphatic heterocycles. The maximum Gasteiger partial charge on any atom is 0.461 e. The van der Waals surface area contributed by atoms with Crippen LogP contribution in [0.2, 0.25) is 0 Å². The lowest BCUT2D eigenvalue weighted by molar-refractivity contribution is -0.253. The fraction of sp³-hybridized carbons (Fsp3) is 0.409. The van der Waals surface area contributed by atoms with Gasteiger partial charge in [0, 0.05) is 0 Å². The van der Waals surface area contributed by atoms with Gasteiger partial charge in [0.25, 0.3) is 0 Å². The van der Waals surface area contributed by atoms with Crippen LogP contribution in [0.1, 0.15) is 38.0 Å². The summed E-state index contributed by atoms with van der Waals surface area (Å²) in [6.45, 7) is 4.92. The molecule has 0 aliphatic carbocycles. The number of amides is 1. The van der Waals surface area contributed by atoms with Crippen LogP contribution >= 0.6 is 0 Å². The van der Waals surface area contributed by atoms with Crippen LogP contribution in [0, 0.1) is 5.82 Å². The van der Waals surface area contributed by atoms with Crippen molar-refractivity contribution < 1.29 is 41.3 Å². The SMILES string of the molecule is CC(C)(C)OC(=O)NC(Cc1cccc(OC(F)(F)C(F)F)c1)C(O)c1ccc(F)cc1. The first-order chi connectivity index (χ1) is 14.8. The number of halogens is 5. The van der Waals surface area contributed by atoms with E-state index in [1.165, 1.54) is 24.3 Å². The van der Waals surface area contributed by atoms with Crippen LogP contribution in [-0.2, 0) is 11.2 Å². The Morgan fingerprint density at radius 3 is 2.28 bits per heavy atom. The Morgan fingerprint density at radius 1 is 1.09 bits per heavy atom. The zero-order valence-electron chi connectivity index (χ0n) is 17.6. The molecule has 0 fully saturated rings. The number of alkyl carbamates (subject to hydrolysis) is 1. The molecule has 0 radical (unpaired) electrons. The Hall–Kier alpha value is -2.88. The van der Waals surface area contributed by atoms with E-state index < -0.39 is 47.9 Å².